The van der Waals surface area contributed by atoms with Crippen LogP contribution in [0.15, 0.2) is 65.1 Å². The van der Waals surface area contributed by atoms with Crippen LogP contribution in [-0.2, 0) is 13.0 Å². The van der Waals surface area contributed by atoms with Gasteiger partial charge in [0.25, 0.3) is 5.91 Å². The average molecular weight is 356 g/mol. The fourth-order valence-electron chi connectivity index (χ4n) is 2.28. The third kappa shape index (κ3) is 4.64. The van der Waals surface area contributed by atoms with Crippen LogP contribution < -0.4 is 10.1 Å². The van der Waals surface area contributed by atoms with E-state index in [1.807, 2.05) is 24.3 Å². The number of hydrogen-bond acceptors (Lipinski definition) is 3. The van der Waals surface area contributed by atoms with Gasteiger partial charge in [-0.15, -0.1) is 0 Å². The number of carbonyl (C=O) groups excluding carboxylic acids is 1. The molecule has 128 valence electrons. The highest BCUT2D eigenvalue weighted by Gasteiger charge is 2.12. The molecule has 0 fully saturated rings. The Morgan fingerprint density at radius 3 is 2.44 bits per heavy atom. The highest BCUT2D eigenvalue weighted by molar-refractivity contribution is 6.30. The van der Waals surface area contributed by atoms with Crippen LogP contribution in [-0.4, -0.2) is 5.91 Å². The van der Waals surface area contributed by atoms with E-state index in [1.165, 1.54) is 5.56 Å². The summed E-state index contributed by atoms with van der Waals surface area (Å²) in [6.07, 6.45) is 0.962. The molecule has 0 saturated heterocycles. The number of rotatable bonds is 6. The van der Waals surface area contributed by atoms with Crippen molar-refractivity contribution in [2.45, 2.75) is 20.0 Å². The quantitative estimate of drug-likeness (QED) is 0.650. The van der Waals surface area contributed by atoms with Crippen molar-refractivity contribution in [3.8, 4) is 5.75 Å². The molecular weight excluding hydrogens is 338 g/mol. The van der Waals surface area contributed by atoms with Crippen molar-refractivity contribution in [2.24, 2.45) is 0 Å². The van der Waals surface area contributed by atoms with Crippen molar-refractivity contribution in [1.82, 2.24) is 0 Å². The van der Waals surface area contributed by atoms with Crippen LogP contribution in [0.1, 0.15) is 28.8 Å². The van der Waals surface area contributed by atoms with Crippen LogP contribution in [0.3, 0.4) is 0 Å². The zero-order chi connectivity index (χ0) is 17.6. The Bertz CT molecular complexity index is 838. The summed E-state index contributed by atoms with van der Waals surface area (Å²) in [5.41, 5.74) is 1.95. The SMILES string of the molecule is CCc1ccc(NC(=O)c2ccc(COc3ccc(Cl)cc3)o2)cc1. The first-order chi connectivity index (χ1) is 12.1. The third-order valence-electron chi connectivity index (χ3n) is 3.70. The average Bonchev–Trinajstić information content (AvgIpc) is 3.11. The minimum absolute atomic E-state index is 0.236. The summed E-state index contributed by atoms with van der Waals surface area (Å²) in [6, 6.07) is 18.2. The maximum absolute atomic E-state index is 12.2. The van der Waals surface area contributed by atoms with E-state index in [0.29, 0.717) is 16.5 Å². The second kappa shape index (κ2) is 7.90. The van der Waals surface area contributed by atoms with E-state index in [9.17, 15) is 4.79 Å². The number of benzene rings is 2. The minimum Gasteiger partial charge on any atom is -0.486 e. The first-order valence-electron chi connectivity index (χ1n) is 8.01. The molecule has 25 heavy (non-hydrogen) atoms. The van der Waals surface area contributed by atoms with Gasteiger partial charge in [-0.3, -0.25) is 4.79 Å². The molecule has 5 heteroatoms. The fourth-order valence-corrected chi connectivity index (χ4v) is 2.41. The molecule has 0 saturated carbocycles. The number of aryl methyl sites for hydroxylation is 1. The van der Waals surface area contributed by atoms with E-state index in [4.69, 9.17) is 20.8 Å². The largest absolute Gasteiger partial charge is 0.486 e. The molecule has 1 heterocycles. The summed E-state index contributed by atoms with van der Waals surface area (Å²) in [6.45, 7) is 2.32. The maximum Gasteiger partial charge on any atom is 0.291 e. The molecule has 0 atom stereocenters. The number of ether oxygens (including phenoxy) is 1. The molecule has 0 bridgehead atoms. The molecule has 2 aromatic carbocycles. The fraction of sp³-hybridized carbons (Fsp3) is 0.150. The Kier molecular flexibility index (Phi) is 5.41. The van der Waals surface area contributed by atoms with Gasteiger partial charge in [0.15, 0.2) is 5.76 Å². The molecule has 1 aromatic heterocycles. The first kappa shape index (κ1) is 17.1. The normalized spacial score (nSPS) is 10.5. The van der Waals surface area contributed by atoms with Gasteiger partial charge in [0, 0.05) is 10.7 Å². The van der Waals surface area contributed by atoms with Crippen LogP contribution in [0, 0.1) is 0 Å². The van der Waals surface area contributed by atoms with Gasteiger partial charge < -0.3 is 14.5 Å². The van der Waals surface area contributed by atoms with Gasteiger partial charge in [0.05, 0.1) is 0 Å². The molecule has 0 unspecified atom stereocenters. The number of amides is 1. The smallest absolute Gasteiger partial charge is 0.291 e. The first-order valence-corrected chi connectivity index (χ1v) is 8.39. The summed E-state index contributed by atoms with van der Waals surface area (Å²) >= 11 is 5.83. The molecule has 0 radical (unpaired) electrons. The lowest BCUT2D eigenvalue weighted by molar-refractivity contribution is 0.0992. The van der Waals surface area contributed by atoms with E-state index >= 15 is 0 Å². The topological polar surface area (TPSA) is 51.5 Å². The summed E-state index contributed by atoms with van der Waals surface area (Å²) < 4.78 is 11.1. The highest BCUT2D eigenvalue weighted by Crippen LogP contribution is 2.18. The van der Waals surface area contributed by atoms with E-state index in [-0.39, 0.29) is 18.3 Å². The molecule has 0 spiro atoms. The van der Waals surface area contributed by atoms with Gasteiger partial charge >= 0.3 is 0 Å². The van der Waals surface area contributed by atoms with Crippen LogP contribution >= 0.6 is 11.6 Å². The molecule has 0 aliphatic carbocycles. The summed E-state index contributed by atoms with van der Waals surface area (Å²) in [7, 11) is 0. The molecular formula is C20H18ClNO3. The number of halogens is 1. The molecule has 3 rings (SSSR count). The van der Waals surface area contributed by atoms with Crippen molar-refractivity contribution in [3.05, 3.63) is 82.8 Å². The van der Waals surface area contributed by atoms with Gasteiger partial charge in [0.2, 0.25) is 0 Å². The van der Waals surface area contributed by atoms with Crippen LogP contribution in [0.25, 0.3) is 0 Å². The molecule has 1 N–H and O–H groups in total. The number of anilines is 1. The molecule has 0 aliphatic rings. The molecule has 0 aliphatic heterocycles. The van der Waals surface area contributed by atoms with Crippen LogP contribution in [0.2, 0.25) is 5.02 Å². The van der Waals surface area contributed by atoms with Gasteiger partial charge in [-0.1, -0.05) is 30.7 Å². The van der Waals surface area contributed by atoms with Crippen molar-refractivity contribution in [3.63, 3.8) is 0 Å². The summed E-state index contributed by atoms with van der Waals surface area (Å²) in [5.74, 6) is 1.21. The van der Waals surface area contributed by atoms with E-state index < -0.39 is 0 Å². The van der Waals surface area contributed by atoms with Gasteiger partial charge in [-0.2, -0.15) is 0 Å². The Balaban J connectivity index is 1.58. The molecule has 1 amide bonds. The van der Waals surface area contributed by atoms with Gasteiger partial charge in [-0.05, 0) is 60.5 Å². The predicted octanol–water partition coefficient (Wildman–Crippen LogP) is 5.33. The number of hydrogen-bond donors (Lipinski definition) is 1. The van der Waals surface area contributed by atoms with E-state index in [1.54, 1.807) is 36.4 Å². The van der Waals surface area contributed by atoms with Crippen molar-refractivity contribution in [2.75, 3.05) is 5.32 Å². The molecule has 4 nitrogen and oxygen atoms in total. The lowest BCUT2D eigenvalue weighted by Gasteiger charge is -2.05. The summed E-state index contributed by atoms with van der Waals surface area (Å²) in [4.78, 5) is 12.2. The van der Waals surface area contributed by atoms with E-state index in [2.05, 4.69) is 12.2 Å². The zero-order valence-corrected chi connectivity index (χ0v) is 14.5. The van der Waals surface area contributed by atoms with Crippen LogP contribution in [0.5, 0.6) is 5.75 Å². The third-order valence-corrected chi connectivity index (χ3v) is 3.95. The standard InChI is InChI=1S/C20H18ClNO3/c1-2-14-3-7-16(8-4-14)22-20(23)19-12-11-18(25-19)13-24-17-9-5-15(21)6-10-17/h3-12H,2,13H2,1H3,(H,22,23). The van der Waals surface area contributed by atoms with E-state index in [0.717, 1.165) is 12.1 Å². The Morgan fingerprint density at radius 2 is 1.76 bits per heavy atom. The predicted molar refractivity (Wildman–Crippen MR) is 98.3 cm³/mol. The number of carbonyl (C=O) groups is 1. The van der Waals surface area contributed by atoms with Crippen LogP contribution in [0.4, 0.5) is 5.69 Å². The zero-order valence-electron chi connectivity index (χ0n) is 13.8. The number of furan rings is 1. The Hall–Kier alpha value is -2.72. The Labute approximate surface area is 151 Å². The minimum atomic E-state index is -0.290. The second-order valence-electron chi connectivity index (χ2n) is 5.51. The van der Waals surface area contributed by atoms with Gasteiger partial charge in [0.1, 0.15) is 18.1 Å². The monoisotopic (exact) mass is 355 g/mol. The lowest BCUT2D eigenvalue weighted by Crippen LogP contribution is -2.10. The lowest BCUT2D eigenvalue weighted by atomic mass is 10.1. The second-order valence-corrected chi connectivity index (χ2v) is 5.95. The Morgan fingerprint density at radius 1 is 1.04 bits per heavy atom. The maximum atomic E-state index is 12.2. The summed E-state index contributed by atoms with van der Waals surface area (Å²) in [5, 5.41) is 3.46. The van der Waals surface area contributed by atoms with Crippen molar-refractivity contribution in [1.29, 1.82) is 0 Å². The van der Waals surface area contributed by atoms with Crippen molar-refractivity contribution >= 4 is 23.2 Å². The highest BCUT2D eigenvalue weighted by atomic mass is 35.5. The van der Waals surface area contributed by atoms with Crippen molar-refractivity contribution < 1.29 is 13.9 Å². The van der Waals surface area contributed by atoms with Gasteiger partial charge in [-0.25, -0.2) is 0 Å². The molecule has 3 aromatic rings. The number of nitrogens with one attached hydrogen (secondary N) is 1.